The summed E-state index contributed by atoms with van der Waals surface area (Å²) in [6.45, 7) is 6.98. The van der Waals surface area contributed by atoms with Gasteiger partial charge in [0.1, 0.15) is 5.69 Å². The molecule has 30 heavy (non-hydrogen) atoms. The Morgan fingerprint density at radius 1 is 1.27 bits per heavy atom. The fraction of sp³-hybridized carbons (Fsp3) is 0.450. The van der Waals surface area contributed by atoms with Gasteiger partial charge in [0.05, 0.1) is 18.9 Å². The lowest BCUT2D eigenvalue weighted by Crippen LogP contribution is -2.36. The van der Waals surface area contributed by atoms with Crippen LogP contribution >= 0.6 is 11.3 Å². The van der Waals surface area contributed by atoms with Crippen molar-refractivity contribution in [3.05, 3.63) is 46.9 Å². The van der Waals surface area contributed by atoms with Crippen LogP contribution in [0, 0.1) is 0 Å². The van der Waals surface area contributed by atoms with Crippen LogP contribution in [0.25, 0.3) is 5.57 Å². The second-order valence-electron chi connectivity index (χ2n) is 6.59. The maximum absolute atomic E-state index is 12.9. The van der Waals surface area contributed by atoms with Gasteiger partial charge >= 0.3 is 6.18 Å². The smallest absolute Gasteiger partial charge is 0.378 e. The number of alkyl halides is 3. The molecule has 162 valence electrons. The highest BCUT2D eigenvalue weighted by Crippen LogP contribution is 2.29. The predicted octanol–water partition coefficient (Wildman–Crippen LogP) is 4.99. The molecule has 1 aliphatic heterocycles. The van der Waals surface area contributed by atoms with Crippen molar-refractivity contribution in [2.75, 3.05) is 36.5 Å². The average molecular weight is 440 g/mol. The lowest BCUT2D eigenvalue weighted by Gasteiger charge is -2.26. The van der Waals surface area contributed by atoms with Gasteiger partial charge in [-0.05, 0) is 30.6 Å². The molecule has 0 aromatic carbocycles. The van der Waals surface area contributed by atoms with E-state index in [2.05, 4.69) is 20.2 Å². The van der Waals surface area contributed by atoms with Crippen molar-refractivity contribution in [2.45, 2.75) is 32.9 Å². The predicted molar refractivity (Wildman–Crippen MR) is 112 cm³/mol. The maximum atomic E-state index is 12.9. The number of anilines is 2. The first kappa shape index (κ1) is 22.2. The van der Waals surface area contributed by atoms with E-state index < -0.39 is 11.9 Å². The number of hydrogen-bond acceptors (Lipinski definition) is 7. The Morgan fingerprint density at radius 2 is 2.03 bits per heavy atom. The molecule has 0 saturated carbocycles. The van der Waals surface area contributed by atoms with Crippen LogP contribution in [0.3, 0.4) is 0 Å². The largest absolute Gasteiger partial charge is 0.433 e. The highest BCUT2D eigenvalue weighted by Gasteiger charge is 2.32. The summed E-state index contributed by atoms with van der Waals surface area (Å²) in [6.07, 6.45) is 1.78. The van der Waals surface area contributed by atoms with Crippen LogP contribution in [0.4, 0.5) is 24.3 Å². The van der Waals surface area contributed by atoms with E-state index in [1.807, 2.05) is 31.4 Å². The fourth-order valence-electron chi connectivity index (χ4n) is 2.93. The van der Waals surface area contributed by atoms with Gasteiger partial charge in [0.2, 0.25) is 5.95 Å². The monoisotopic (exact) mass is 439 g/mol. The molecule has 0 aliphatic carbocycles. The number of rotatable bonds is 7. The number of nitrogens with one attached hydrogen (secondary N) is 1. The summed E-state index contributed by atoms with van der Waals surface area (Å²) in [5, 5.41) is 5.86. The molecular formula is C20H24F3N5OS. The molecule has 1 saturated heterocycles. The molecule has 3 rings (SSSR count). The molecule has 3 heterocycles. The minimum atomic E-state index is -4.52. The summed E-state index contributed by atoms with van der Waals surface area (Å²) in [7, 11) is 0. The van der Waals surface area contributed by atoms with E-state index in [1.54, 1.807) is 11.3 Å². The van der Waals surface area contributed by atoms with Crippen LogP contribution in [0.5, 0.6) is 0 Å². The van der Waals surface area contributed by atoms with Crippen molar-refractivity contribution in [1.29, 1.82) is 0 Å². The molecule has 0 spiro atoms. The molecule has 10 heteroatoms. The number of allylic oxidation sites excluding steroid dienone is 3. The molecule has 0 unspecified atom stereocenters. The topological polar surface area (TPSA) is 63.2 Å². The SMILES string of the molecule is CC/C=C(\C=C(/CC)c1csc(N2CCOCC2)n1)Nc1nccc(C(F)(F)F)n1. The van der Waals surface area contributed by atoms with Crippen LogP contribution in [-0.2, 0) is 10.9 Å². The van der Waals surface area contributed by atoms with E-state index in [0.29, 0.717) is 25.3 Å². The third kappa shape index (κ3) is 5.79. The van der Waals surface area contributed by atoms with Gasteiger partial charge < -0.3 is 15.0 Å². The van der Waals surface area contributed by atoms with Crippen molar-refractivity contribution in [3.63, 3.8) is 0 Å². The van der Waals surface area contributed by atoms with Crippen LogP contribution in [0.15, 0.2) is 35.5 Å². The van der Waals surface area contributed by atoms with Gasteiger partial charge in [-0.1, -0.05) is 19.9 Å². The number of thiazole rings is 1. The van der Waals surface area contributed by atoms with Crippen LogP contribution in [-0.4, -0.2) is 41.3 Å². The van der Waals surface area contributed by atoms with Gasteiger partial charge in [-0.2, -0.15) is 13.2 Å². The minimum absolute atomic E-state index is 0.0940. The Morgan fingerprint density at radius 3 is 2.70 bits per heavy atom. The van der Waals surface area contributed by atoms with Crippen LogP contribution in [0.2, 0.25) is 0 Å². The quantitative estimate of drug-likeness (QED) is 0.614. The average Bonchev–Trinajstić information content (AvgIpc) is 3.22. The first-order chi connectivity index (χ1) is 14.4. The molecule has 1 fully saturated rings. The number of halogens is 3. The van der Waals surface area contributed by atoms with E-state index in [4.69, 9.17) is 9.72 Å². The number of nitrogens with zero attached hydrogens (tertiary/aromatic N) is 4. The summed E-state index contributed by atoms with van der Waals surface area (Å²) in [4.78, 5) is 14.5. The van der Waals surface area contributed by atoms with Crippen LogP contribution in [0.1, 0.15) is 38.1 Å². The zero-order chi connectivity index (χ0) is 21.6. The van der Waals surface area contributed by atoms with Gasteiger partial charge in [0.25, 0.3) is 0 Å². The van der Waals surface area contributed by atoms with Gasteiger partial charge in [0.15, 0.2) is 5.13 Å². The van der Waals surface area contributed by atoms with E-state index in [9.17, 15) is 13.2 Å². The van der Waals surface area contributed by atoms with Gasteiger partial charge in [-0.3, -0.25) is 0 Å². The number of ether oxygens (including phenoxy) is 1. The molecular weight excluding hydrogens is 415 g/mol. The van der Waals surface area contributed by atoms with E-state index in [0.717, 1.165) is 48.2 Å². The van der Waals surface area contributed by atoms with Crippen LogP contribution < -0.4 is 10.2 Å². The summed E-state index contributed by atoms with van der Waals surface area (Å²) in [6, 6.07) is 0.851. The lowest BCUT2D eigenvalue weighted by atomic mass is 10.1. The zero-order valence-electron chi connectivity index (χ0n) is 16.9. The summed E-state index contributed by atoms with van der Waals surface area (Å²) in [5.74, 6) is -0.0940. The number of aromatic nitrogens is 3. The molecule has 0 radical (unpaired) electrons. The van der Waals surface area contributed by atoms with Crippen molar-refractivity contribution in [3.8, 4) is 0 Å². The molecule has 2 aromatic rings. The van der Waals surface area contributed by atoms with E-state index in [1.165, 1.54) is 0 Å². The fourth-order valence-corrected chi connectivity index (χ4v) is 3.83. The Balaban J connectivity index is 1.81. The van der Waals surface area contributed by atoms with Gasteiger partial charge in [-0.15, -0.1) is 11.3 Å². The lowest BCUT2D eigenvalue weighted by molar-refractivity contribution is -0.141. The molecule has 2 aromatic heterocycles. The highest BCUT2D eigenvalue weighted by atomic mass is 32.1. The Bertz CT molecular complexity index is 904. The maximum Gasteiger partial charge on any atom is 0.433 e. The number of morpholine rings is 1. The Labute approximate surface area is 177 Å². The first-order valence-electron chi connectivity index (χ1n) is 9.77. The normalized spacial score (nSPS) is 16.1. The second-order valence-corrected chi connectivity index (χ2v) is 7.43. The molecule has 1 aliphatic rings. The molecule has 0 amide bonds. The molecule has 6 nitrogen and oxygen atoms in total. The van der Waals surface area contributed by atoms with Crippen molar-refractivity contribution in [1.82, 2.24) is 15.0 Å². The highest BCUT2D eigenvalue weighted by molar-refractivity contribution is 7.13. The standard InChI is InChI=1S/C20H24F3N5OS/c1-3-5-15(25-18-24-7-6-17(27-18)20(21,22)23)12-14(4-2)16-13-30-19(26-16)28-8-10-29-11-9-28/h5-7,12-13H,3-4,8-11H2,1-2H3,(H,24,25,27)/b14-12+,15-5+. The molecule has 1 N–H and O–H groups in total. The third-order valence-electron chi connectivity index (χ3n) is 4.44. The summed E-state index contributed by atoms with van der Waals surface area (Å²) in [5.41, 5.74) is 1.49. The van der Waals surface area contributed by atoms with Gasteiger partial charge in [-0.25, -0.2) is 15.0 Å². The Hall–Kier alpha value is -2.46. The van der Waals surface area contributed by atoms with Gasteiger partial charge in [0, 0.05) is 30.4 Å². The van der Waals surface area contributed by atoms with Crippen molar-refractivity contribution >= 4 is 28.0 Å². The first-order valence-corrected chi connectivity index (χ1v) is 10.6. The summed E-state index contributed by atoms with van der Waals surface area (Å²) >= 11 is 1.58. The third-order valence-corrected chi connectivity index (χ3v) is 5.34. The van der Waals surface area contributed by atoms with Crippen molar-refractivity contribution in [2.24, 2.45) is 0 Å². The Kier molecular flexibility index (Phi) is 7.43. The number of hydrogen-bond donors (Lipinski definition) is 1. The molecule has 0 bridgehead atoms. The zero-order valence-corrected chi connectivity index (χ0v) is 17.7. The van der Waals surface area contributed by atoms with Crippen molar-refractivity contribution < 1.29 is 17.9 Å². The second kappa shape index (κ2) is 10.0. The summed E-state index contributed by atoms with van der Waals surface area (Å²) < 4.78 is 44.2. The van der Waals surface area contributed by atoms with E-state index in [-0.39, 0.29) is 5.95 Å². The minimum Gasteiger partial charge on any atom is -0.378 e. The molecule has 0 atom stereocenters. The van der Waals surface area contributed by atoms with E-state index >= 15 is 0 Å².